The zero-order valence-electron chi connectivity index (χ0n) is 12.3. The lowest BCUT2D eigenvalue weighted by Crippen LogP contribution is -2.33. The number of hydrogen-bond donors (Lipinski definition) is 1. The Morgan fingerprint density at radius 1 is 1.41 bits per heavy atom. The topological polar surface area (TPSA) is 76.9 Å². The maximum Gasteiger partial charge on any atom is 0.240 e. The number of carbonyl (C=O) groups is 1. The molecule has 7 heteroatoms. The largest absolute Gasteiger partial charge is 0.347 e. The van der Waals surface area contributed by atoms with Gasteiger partial charge in [0.05, 0.1) is 16.8 Å². The average molecular weight is 318 g/mol. The molecular weight excluding hydrogens is 300 g/mol. The molecule has 1 aromatic heterocycles. The minimum Gasteiger partial charge on any atom is -0.347 e. The van der Waals surface area contributed by atoms with Crippen molar-refractivity contribution < 1.29 is 9.00 Å². The third kappa shape index (κ3) is 3.41. The highest BCUT2D eigenvalue weighted by Crippen LogP contribution is 2.40. The summed E-state index contributed by atoms with van der Waals surface area (Å²) in [6.45, 7) is 0.0813. The predicted molar refractivity (Wildman–Crippen MR) is 82.4 cm³/mol. The van der Waals surface area contributed by atoms with E-state index in [1.807, 2.05) is 30.3 Å². The van der Waals surface area contributed by atoms with E-state index in [0.717, 1.165) is 18.4 Å². The Labute approximate surface area is 131 Å². The van der Waals surface area contributed by atoms with Crippen LogP contribution in [0.15, 0.2) is 41.8 Å². The Morgan fingerprint density at radius 2 is 2.14 bits per heavy atom. The summed E-state index contributed by atoms with van der Waals surface area (Å²) >= 11 is 0. The summed E-state index contributed by atoms with van der Waals surface area (Å²) < 4.78 is 13.1. The van der Waals surface area contributed by atoms with Crippen molar-refractivity contribution in [2.24, 2.45) is 5.92 Å². The van der Waals surface area contributed by atoms with E-state index in [4.69, 9.17) is 0 Å². The van der Waals surface area contributed by atoms with Crippen LogP contribution in [0.2, 0.25) is 0 Å². The van der Waals surface area contributed by atoms with Crippen LogP contribution in [-0.4, -0.2) is 31.1 Å². The molecule has 3 rings (SSSR count). The Morgan fingerprint density at radius 3 is 2.77 bits per heavy atom. The third-order valence-electron chi connectivity index (χ3n) is 3.72. The zero-order chi connectivity index (χ0) is 15.5. The highest BCUT2D eigenvalue weighted by Gasteiger charge is 2.33. The number of aromatic nitrogens is 3. The third-order valence-corrected chi connectivity index (χ3v) is 4.55. The van der Waals surface area contributed by atoms with Gasteiger partial charge in [-0.15, -0.1) is 10.2 Å². The second-order valence-electron chi connectivity index (χ2n) is 5.49. The van der Waals surface area contributed by atoms with Gasteiger partial charge < -0.3 is 5.32 Å². The van der Waals surface area contributed by atoms with Gasteiger partial charge in [-0.05, 0) is 24.3 Å². The molecule has 1 heterocycles. The van der Waals surface area contributed by atoms with E-state index in [9.17, 15) is 9.00 Å². The molecule has 1 amide bonds. The van der Waals surface area contributed by atoms with Gasteiger partial charge in [0.25, 0.3) is 0 Å². The summed E-state index contributed by atoms with van der Waals surface area (Å²) in [5, 5.41) is 10.9. The number of hydrogen-bond acceptors (Lipinski definition) is 4. The smallest absolute Gasteiger partial charge is 0.240 e. The number of benzene rings is 1. The van der Waals surface area contributed by atoms with Gasteiger partial charge in [0.2, 0.25) is 11.1 Å². The molecule has 0 aliphatic heterocycles. The fourth-order valence-corrected chi connectivity index (χ4v) is 3.12. The van der Waals surface area contributed by atoms with Crippen molar-refractivity contribution >= 4 is 16.7 Å². The molecule has 1 aromatic carbocycles. The van der Waals surface area contributed by atoms with Gasteiger partial charge in [-0.3, -0.25) is 13.6 Å². The Hall–Kier alpha value is -2.02. The summed E-state index contributed by atoms with van der Waals surface area (Å²) in [7, 11) is -1.26. The van der Waals surface area contributed by atoms with Gasteiger partial charge >= 0.3 is 0 Å². The summed E-state index contributed by atoms with van der Waals surface area (Å²) in [5.41, 5.74) is 1.13. The number of rotatable bonds is 6. The molecule has 0 radical (unpaired) electrons. The minimum absolute atomic E-state index is 0.0424. The van der Waals surface area contributed by atoms with E-state index in [-0.39, 0.29) is 18.5 Å². The molecule has 1 fully saturated rings. The highest BCUT2D eigenvalue weighted by atomic mass is 32.2. The van der Waals surface area contributed by atoms with Crippen molar-refractivity contribution in [1.29, 1.82) is 0 Å². The lowest BCUT2D eigenvalue weighted by Gasteiger charge is -2.19. The van der Waals surface area contributed by atoms with Crippen LogP contribution < -0.4 is 5.32 Å². The summed E-state index contributed by atoms with van der Waals surface area (Å²) in [5.74, 6) is 0.388. The van der Waals surface area contributed by atoms with Crippen LogP contribution in [0.3, 0.4) is 0 Å². The van der Waals surface area contributed by atoms with Gasteiger partial charge in [-0.1, -0.05) is 30.3 Å². The maximum atomic E-state index is 12.3. The minimum atomic E-state index is -1.26. The van der Waals surface area contributed by atoms with E-state index in [0.29, 0.717) is 11.1 Å². The molecule has 0 unspecified atom stereocenters. The first-order chi connectivity index (χ1) is 10.6. The molecular formula is C15H18N4O2S. The Bertz CT molecular complexity index is 682. The fourth-order valence-electron chi connectivity index (χ4n) is 2.51. The van der Waals surface area contributed by atoms with Crippen LogP contribution in [0.5, 0.6) is 0 Å². The number of carbonyl (C=O) groups excluding carboxylic acids is 1. The Kier molecular flexibility index (Phi) is 4.33. The number of nitrogens with zero attached hydrogens (tertiary/aromatic N) is 3. The van der Waals surface area contributed by atoms with E-state index in [1.165, 1.54) is 17.2 Å². The van der Waals surface area contributed by atoms with Crippen molar-refractivity contribution in [1.82, 2.24) is 20.1 Å². The van der Waals surface area contributed by atoms with Crippen LogP contribution in [-0.2, 0) is 22.1 Å². The van der Waals surface area contributed by atoms with Gasteiger partial charge in [0, 0.05) is 6.26 Å². The number of nitrogens with one attached hydrogen (secondary N) is 1. The fraction of sp³-hybridized carbons (Fsp3) is 0.400. The molecule has 1 N–H and O–H groups in total. The lowest BCUT2D eigenvalue weighted by atomic mass is 10.0. The summed E-state index contributed by atoms with van der Waals surface area (Å²) in [6, 6.07) is 10.0. The molecule has 0 spiro atoms. The molecule has 1 saturated carbocycles. The molecule has 6 nitrogen and oxygen atoms in total. The molecule has 1 aliphatic carbocycles. The first kappa shape index (κ1) is 14.9. The molecule has 0 bridgehead atoms. The quantitative estimate of drug-likeness (QED) is 0.870. The Balaban J connectivity index is 1.69. The standard InChI is InChI=1S/C15H18N4O2S/c1-22(21)15-18-16-10-19(15)9-13(20)17-14(12-7-8-12)11-5-3-2-4-6-11/h2-6,10,12,14H,7-9H2,1H3,(H,17,20)/t14-,22-/m0/s1. The monoisotopic (exact) mass is 318 g/mol. The normalized spacial score (nSPS) is 17.0. The van der Waals surface area contributed by atoms with E-state index in [2.05, 4.69) is 15.5 Å². The van der Waals surface area contributed by atoms with Gasteiger partial charge in [-0.25, -0.2) is 0 Å². The van der Waals surface area contributed by atoms with Crippen LogP contribution >= 0.6 is 0 Å². The SMILES string of the molecule is C[S@](=O)c1nncn1CC(=O)N[C@@H](c1ccccc1)C1CC1. The first-order valence-electron chi connectivity index (χ1n) is 7.20. The van der Waals surface area contributed by atoms with Gasteiger partial charge in [0.1, 0.15) is 12.9 Å². The first-order valence-corrected chi connectivity index (χ1v) is 8.76. The molecule has 1 aliphatic rings. The van der Waals surface area contributed by atoms with Crippen LogP contribution in [0, 0.1) is 5.92 Å². The summed E-state index contributed by atoms with van der Waals surface area (Å²) in [6.07, 6.45) is 5.23. The van der Waals surface area contributed by atoms with Crippen molar-refractivity contribution in [2.45, 2.75) is 30.6 Å². The van der Waals surface area contributed by atoms with Crippen molar-refractivity contribution in [3.8, 4) is 0 Å². The zero-order valence-corrected chi connectivity index (χ0v) is 13.1. The molecule has 2 atom stereocenters. The van der Waals surface area contributed by atoms with Crippen molar-refractivity contribution in [3.63, 3.8) is 0 Å². The highest BCUT2D eigenvalue weighted by molar-refractivity contribution is 7.84. The lowest BCUT2D eigenvalue weighted by molar-refractivity contribution is -0.122. The predicted octanol–water partition coefficient (Wildman–Crippen LogP) is 1.28. The van der Waals surface area contributed by atoms with Gasteiger partial charge in [0.15, 0.2) is 0 Å². The molecule has 0 saturated heterocycles. The maximum absolute atomic E-state index is 12.3. The molecule has 2 aromatic rings. The van der Waals surface area contributed by atoms with Crippen LogP contribution in [0.4, 0.5) is 0 Å². The van der Waals surface area contributed by atoms with Gasteiger partial charge in [-0.2, -0.15) is 0 Å². The van der Waals surface area contributed by atoms with E-state index < -0.39 is 10.8 Å². The van der Waals surface area contributed by atoms with E-state index in [1.54, 1.807) is 0 Å². The van der Waals surface area contributed by atoms with Crippen LogP contribution in [0.1, 0.15) is 24.4 Å². The van der Waals surface area contributed by atoms with E-state index >= 15 is 0 Å². The number of amides is 1. The second-order valence-corrected chi connectivity index (χ2v) is 6.76. The average Bonchev–Trinajstić information content (AvgIpc) is 3.24. The van der Waals surface area contributed by atoms with Crippen molar-refractivity contribution in [2.75, 3.05) is 6.26 Å². The molecule has 22 heavy (non-hydrogen) atoms. The molecule has 116 valence electrons. The second kappa shape index (κ2) is 6.39. The van der Waals surface area contributed by atoms with Crippen molar-refractivity contribution in [3.05, 3.63) is 42.2 Å². The summed E-state index contributed by atoms with van der Waals surface area (Å²) in [4.78, 5) is 12.3. The van der Waals surface area contributed by atoms with Crippen LogP contribution in [0.25, 0.3) is 0 Å².